The molecule has 5 rings (SSSR count). The Morgan fingerprint density at radius 3 is 2.33 bits per heavy atom. The molecule has 2 saturated heterocycles. The smallest absolute Gasteiger partial charge is 0.151 e. The first-order valence-corrected chi connectivity index (χ1v) is 13.1. The quantitative estimate of drug-likeness (QED) is 0.511. The van der Waals surface area contributed by atoms with Crippen molar-refractivity contribution in [3.05, 3.63) is 41.6 Å². The lowest BCUT2D eigenvalue weighted by molar-refractivity contribution is 0.0856. The van der Waals surface area contributed by atoms with E-state index in [-0.39, 0.29) is 16.8 Å². The van der Waals surface area contributed by atoms with Crippen LogP contribution in [-0.2, 0) is 4.74 Å². The van der Waals surface area contributed by atoms with Crippen molar-refractivity contribution in [3.8, 4) is 17.0 Å². The van der Waals surface area contributed by atoms with E-state index in [0.717, 1.165) is 61.3 Å². The maximum Gasteiger partial charge on any atom is 0.151 e. The third kappa shape index (κ3) is 5.04. The predicted molar refractivity (Wildman–Crippen MR) is 145 cm³/mol. The van der Waals surface area contributed by atoms with Gasteiger partial charge in [-0.2, -0.15) is 0 Å². The number of ether oxygens (including phenoxy) is 1. The molecular formula is C29H39N5O2. The van der Waals surface area contributed by atoms with Gasteiger partial charge in [-0.25, -0.2) is 0 Å². The van der Waals surface area contributed by atoms with Gasteiger partial charge in [-0.15, -0.1) is 10.2 Å². The number of pyridine rings is 1. The summed E-state index contributed by atoms with van der Waals surface area (Å²) in [6, 6.07) is 10.3. The van der Waals surface area contributed by atoms with Gasteiger partial charge in [0.2, 0.25) is 0 Å². The fourth-order valence-corrected chi connectivity index (χ4v) is 6.36. The summed E-state index contributed by atoms with van der Waals surface area (Å²) in [5, 5.41) is 24.9. The Morgan fingerprint density at radius 2 is 1.69 bits per heavy atom. The van der Waals surface area contributed by atoms with E-state index in [0.29, 0.717) is 23.2 Å². The number of fused-ring (bicyclic) bond motifs is 1. The van der Waals surface area contributed by atoms with Crippen LogP contribution in [0.4, 0.5) is 5.82 Å². The second-order valence-corrected chi connectivity index (χ2v) is 12.0. The van der Waals surface area contributed by atoms with Crippen LogP contribution in [0.15, 0.2) is 30.3 Å². The second-order valence-electron chi connectivity index (χ2n) is 12.0. The summed E-state index contributed by atoms with van der Waals surface area (Å²) in [6.45, 7) is 12.6. The van der Waals surface area contributed by atoms with Crippen LogP contribution in [0, 0.1) is 6.92 Å². The monoisotopic (exact) mass is 489 g/mol. The van der Waals surface area contributed by atoms with E-state index in [4.69, 9.17) is 9.72 Å². The van der Waals surface area contributed by atoms with Crippen molar-refractivity contribution in [2.45, 2.75) is 83.3 Å². The van der Waals surface area contributed by atoms with Crippen LogP contribution < -0.4 is 10.2 Å². The number of aromatic nitrogens is 3. The van der Waals surface area contributed by atoms with E-state index in [2.05, 4.69) is 61.2 Å². The van der Waals surface area contributed by atoms with Crippen molar-refractivity contribution in [2.24, 2.45) is 0 Å². The Bertz CT molecular complexity index is 1230. The van der Waals surface area contributed by atoms with Gasteiger partial charge in [-0.3, -0.25) is 4.98 Å². The minimum absolute atomic E-state index is 0.0550. The van der Waals surface area contributed by atoms with Crippen molar-refractivity contribution in [3.63, 3.8) is 0 Å². The first kappa shape index (κ1) is 24.9. The number of hydrogen-bond acceptors (Lipinski definition) is 7. The predicted octanol–water partition coefficient (Wildman–Crippen LogP) is 5.35. The number of nitrogens with one attached hydrogen (secondary N) is 1. The van der Waals surface area contributed by atoms with E-state index >= 15 is 0 Å². The SMILES string of the molecule is Cc1cc(C2CCOCC2)c2cc(-c3ccc(N(C)C4CC(C)(C)NC(C)(C)C4)nn3)c(O)cc2n1. The van der Waals surface area contributed by atoms with E-state index in [9.17, 15) is 5.11 Å². The molecule has 1 aromatic carbocycles. The molecular weight excluding hydrogens is 450 g/mol. The minimum atomic E-state index is 0.0550. The number of phenols is 1. The van der Waals surface area contributed by atoms with Crippen molar-refractivity contribution in [1.29, 1.82) is 0 Å². The Hall–Kier alpha value is -2.77. The zero-order valence-corrected chi connectivity index (χ0v) is 22.4. The molecule has 7 nitrogen and oxygen atoms in total. The minimum Gasteiger partial charge on any atom is -0.507 e. The molecule has 2 aliphatic rings. The summed E-state index contributed by atoms with van der Waals surface area (Å²) in [5.41, 5.74) is 4.52. The number of aryl methyl sites for hydroxylation is 1. The van der Waals surface area contributed by atoms with Crippen LogP contribution in [0.25, 0.3) is 22.2 Å². The summed E-state index contributed by atoms with van der Waals surface area (Å²) in [4.78, 5) is 6.95. The molecule has 0 unspecified atom stereocenters. The summed E-state index contributed by atoms with van der Waals surface area (Å²) in [5.74, 6) is 1.45. The first-order chi connectivity index (χ1) is 17.0. The van der Waals surface area contributed by atoms with Gasteiger partial charge in [-0.1, -0.05) is 0 Å². The highest BCUT2D eigenvalue weighted by Gasteiger charge is 2.39. The maximum atomic E-state index is 10.9. The molecule has 0 spiro atoms. The van der Waals surface area contributed by atoms with Gasteiger partial charge in [0, 0.05) is 60.1 Å². The van der Waals surface area contributed by atoms with Crippen molar-refractivity contribution in [2.75, 3.05) is 25.2 Å². The molecule has 0 amide bonds. The van der Waals surface area contributed by atoms with Crippen molar-refractivity contribution >= 4 is 16.7 Å². The number of aromatic hydroxyl groups is 1. The molecule has 0 atom stereocenters. The van der Waals surface area contributed by atoms with Crippen LogP contribution in [0.3, 0.4) is 0 Å². The number of phenolic OH excluding ortho intramolecular Hbond substituents is 1. The average Bonchev–Trinajstić information content (AvgIpc) is 2.81. The van der Waals surface area contributed by atoms with Gasteiger partial charge >= 0.3 is 0 Å². The molecule has 192 valence electrons. The summed E-state index contributed by atoms with van der Waals surface area (Å²) >= 11 is 0. The van der Waals surface area contributed by atoms with E-state index in [1.165, 1.54) is 5.56 Å². The largest absolute Gasteiger partial charge is 0.507 e. The van der Waals surface area contributed by atoms with E-state index < -0.39 is 0 Å². The second kappa shape index (κ2) is 9.27. The van der Waals surface area contributed by atoms with Crippen molar-refractivity contribution in [1.82, 2.24) is 20.5 Å². The molecule has 0 aliphatic carbocycles. The zero-order chi connectivity index (χ0) is 25.7. The highest BCUT2D eigenvalue weighted by Crippen LogP contribution is 2.38. The molecule has 2 aromatic heterocycles. The third-order valence-electron chi connectivity index (χ3n) is 7.75. The van der Waals surface area contributed by atoms with Gasteiger partial charge < -0.3 is 20.1 Å². The molecule has 36 heavy (non-hydrogen) atoms. The van der Waals surface area contributed by atoms with E-state index in [1.807, 2.05) is 25.1 Å². The molecule has 4 heterocycles. The number of anilines is 1. The number of rotatable bonds is 4. The lowest BCUT2D eigenvalue weighted by atomic mass is 9.79. The summed E-state index contributed by atoms with van der Waals surface area (Å²) in [7, 11) is 2.10. The Labute approximate surface area is 214 Å². The highest BCUT2D eigenvalue weighted by molar-refractivity contribution is 5.90. The van der Waals surface area contributed by atoms with Crippen molar-refractivity contribution < 1.29 is 9.84 Å². The van der Waals surface area contributed by atoms with Crippen LogP contribution in [0.1, 0.15) is 70.6 Å². The fraction of sp³-hybridized carbons (Fsp3) is 0.552. The standard InChI is InChI=1S/C29H39N5O2/c1-18-13-21(19-9-11-36-12-10-19)22-14-23(26(35)15-25(22)30-18)24-7-8-27(32-31-24)34(6)20-16-28(2,3)33-29(4,5)17-20/h7-8,13-15,19-20,33,35H,9-12,16-17H2,1-6H3. The number of nitrogens with zero attached hydrogens (tertiary/aromatic N) is 4. The van der Waals surface area contributed by atoms with Gasteiger partial charge in [-0.05, 0) is 96.0 Å². The normalized spacial score (nSPS) is 20.5. The molecule has 0 radical (unpaired) electrons. The average molecular weight is 490 g/mol. The van der Waals surface area contributed by atoms with Crippen LogP contribution in [0.2, 0.25) is 0 Å². The zero-order valence-electron chi connectivity index (χ0n) is 22.4. The topological polar surface area (TPSA) is 83.4 Å². The van der Waals surface area contributed by atoms with Crippen LogP contribution in [-0.4, -0.2) is 57.7 Å². The number of benzene rings is 1. The number of hydrogen-bond donors (Lipinski definition) is 2. The molecule has 3 aromatic rings. The first-order valence-electron chi connectivity index (χ1n) is 13.1. The van der Waals surface area contributed by atoms with Gasteiger partial charge in [0.1, 0.15) is 5.75 Å². The summed E-state index contributed by atoms with van der Waals surface area (Å²) < 4.78 is 5.59. The Balaban J connectivity index is 1.46. The molecule has 0 bridgehead atoms. The lowest BCUT2D eigenvalue weighted by Crippen LogP contribution is -2.62. The van der Waals surface area contributed by atoms with E-state index in [1.54, 1.807) is 6.07 Å². The van der Waals surface area contributed by atoms with Crippen LogP contribution >= 0.6 is 0 Å². The molecule has 2 aliphatic heterocycles. The molecule has 2 N–H and O–H groups in total. The van der Waals surface area contributed by atoms with Gasteiger partial charge in [0.05, 0.1) is 11.2 Å². The molecule has 2 fully saturated rings. The lowest BCUT2D eigenvalue weighted by Gasteiger charge is -2.49. The number of piperidine rings is 1. The van der Waals surface area contributed by atoms with Crippen LogP contribution in [0.5, 0.6) is 5.75 Å². The third-order valence-corrected chi connectivity index (χ3v) is 7.75. The Kier molecular flexibility index (Phi) is 6.41. The summed E-state index contributed by atoms with van der Waals surface area (Å²) in [6.07, 6.45) is 4.06. The maximum absolute atomic E-state index is 10.9. The van der Waals surface area contributed by atoms with Gasteiger partial charge in [0.15, 0.2) is 5.82 Å². The fourth-order valence-electron chi connectivity index (χ4n) is 6.36. The molecule has 7 heteroatoms. The highest BCUT2D eigenvalue weighted by atomic mass is 16.5. The molecule has 0 saturated carbocycles. The van der Waals surface area contributed by atoms with Gasteiger partial charge in [0.25, 0.3) is 0 Å². The Morgan fingerprint density at radius 1 is 1.00 bits per heavy atom.